The summed E-state index contributed by atoms with van der Waals surface area (Å²) in [5.74, 6) is -1.88. The van der Waals surface area contributed by atoms with Crippen molar-refractivity contribution in [3.05, 3.63) is 29.3 Å². The lowest BCUT2D eigenvalue weighted by molar-refractivity contribution is -0.123. The van der Waals surface area contributed by atoms with Crippen LogP contribution in [0.2, 0.25) is 0 Å². The van der Waals surface area contributed by atoms with Crippen molar-refractivity contribution in [2.45, 2.75) is 39.2 Å². The molecule has 1 rings (SSSR count). The van der Waals surface area contributed by atoms with Crippen LogP contribution in [0.4, 0.5) is 4.79 Å². The molecule has 0 aliphatic rings. The number of hydrogen-bond acceptors (Lipinski definition) is 8. The molecule has 0 radical (unpaired) electrons. The summed E-state index contributed by atoms with van der Waals surface area (Å²) in [6.07, 6.45) is 0.793. The van der Waals surface area contributed by atoms with Crippen molar-refractivity contribution in [1.82, 2.24) is 10.6 Å². The van der Waals surface area contributed by atoms with Gasteiger partial charge in [0, 0.05) is 13.1 Å². The molecule has 31 heavy (non-hydrogen) atoms. The Kier molecular flexibility index (Phi) is 10.3. The predicted octanol–water partition coefficient (Wildman–Crippen LogP) is 2.06. The van der Waals surface area contributed by atoms with Crippen LogP contribution >= 0.6 is 0 Å². The van der Waals surface area contributed by atoms with E-state index in [1.54, 1.807) is 20.8 Å². The first-order valence-corrected chi connectivity index (χ1v) is 9.75. The molecule has 0 unspecified atom stereocenters. The molecular weight excluding hydrogens is 408 g/mol. The lowest BCUT2D eigenvalue weighted by Gasteiger charge is -2.19. The Balaban J connectivity index is 2.45. The van der Waals surface area contributed by atoms with Crippen molar-refractivity contribution in [2.75, 3.05) is 33.9 Å². The highest BCUT2D eigenvalue weighted by atomic mass is 16.6. The maximum Gasteiger partial charge on any atom is 0.407 e. The Hall–Kier alpha value is -3.30. The monoisotopic (exact) mass is 438 g/mol. The molecule has 0 fully saturated rings. The Labute approximate surface area is 181 Å². The lowest BCUT2D eigenvalue weighted by atomic mass is 10.1. The van der Waals surface area contributed by atoms with Gasteiger partial charge in [-0.2, -0.15) is 0 Å². The number of ether oxygens (including phenoxy) is 4. The second-order valence-corrected chi connectivity index (χ2v) is 7.44. The van der Waals surface area contributed by atoms with Crippen molar-refractivity contribution in [1.29, 1.82) is 0 Å². The number of amides is 2. The summed E-state index contributed by atoms with van der Waals surface area (Å²) in [6.45, 7) is 5.79. The van der Waals surface area contributed by atoms with Gasteiger partial charge < -0.3 is 29.6 Å². The van der Waals surface area contributed by atoms with Gasteiger partial charge >= 0.3 is 18.0 Å². The zero-order chi connectivity index (χ0) is 23.4. The molecule has 0 bridgehead atoms. The van der Waals surface area contributed by atoms with Gasteiger partial charge in [-0.15, -0.1) is 0 Å². The van der Waals surface area contributed by atoms with Crippen molar-refractivity contribution in [3.63, 3.8) is 0 Å². The van der Waals surface area contributed by atoms with Crippen LogP contribution in [0.15, 0.2) is 18.2 Å². The van der Waals surface area contributed by atoms with Crippen LogP contribution in [0.1, 0.15) is 54.3 Å². The average Bonchev–Trinajstić information content (AvgIpc) is 2.71. The van der Waals surface area contributed by atoms with E-state index in [4.69, 9.17) is 14.2 Å². The van der Waals surface area contributed by atoms with Crippen LogP contribution < -0.4 is 15.4 Å². The van der Waals surface area contributed by atoms with Crippen LogP contribution in [-0.2, 0) is 19.0 Å². The normalized spacial score (nSPS) is 10.6. The van der Waals surface area contributed by atoms with Crippen LogP contribution in [0.3, 0.4) is 0 Å². The molecule has 1 aromatic carbocycles. The molecule has 0 atom stereocenters. The number of unbranched alkanes of at least 4 members (excludes halogenated alkanes) is 1. The summed E-state index contributed by atoms with van der Waals surface area (Å²) in [5, 5.41) is 5.31. The number of hydrogen-bond donors (Lipinski definition) is 2. The van der Waals surface area contributed by atoms with E-state index in [1.807, 2.05) is 0 Å². The number of alkyl carbamates (subject to hydrolysis) is 1. The van der Waals surface area contributed by atoms with Crippen molar-refractivity contribution in [2.24, 2.45) is 0 Å². The third-order valence-corrected chi connectivity index (χ3v) is 3.77. The number of methoxy groups -OCH3 is 2. The Bertz CT molecular complexity index is 786. The highest BCUT2D eigenvalue weighted by Crippen LogP contribution is 2.24. The zero-order valence-corrected chi connectivity index (χ0v) is 18.5. The number of carbonyl (C=O) groups is 4. The third-order valence-electron chi connectivity index (χ3n) is 3.77. The first-order chi connectivity index (χ1) is 14.6. The summed E-state index contributed by atoms with van der Waals surface area (Å²) < 4.78 is 19.9. The molecule has 0 aliphatic heterocycles. The van der Waals surface area contributed by atoms with Crippen LogP contribution in [0.5, 0.6) is 5.75 Å². The SMILES string of the molecule is COC(=O)c1cccc(OCC(=O)NCCCCNC(=O)OC(C)(C)C)c1C(=O)OC. The van der Waals surface area contributed by atoms with E-state index in [1.165, 1.54) is 32.4 Å². The first kappa shape index (κ1) is 25.7. The molecular formula is C21H30N2O8. The molecule has 0 spiro atoms. The minimum absolute atomic E-state index is 0.0234. The molecule has 10 heteroatoms. The number of carbonyl (C=O) groups excluding carboxylic acids is 4. The summed E-state index contributed by atoms with van der Waals surface area (Å²) in [6, 6.07) is 4.36. The van der Waals surface area contributed by atoms with E-state index in [-0.39, 0.29) is 23.5 Å². The second kappa shape index (κ2) is 12.4. The van der Waals surface area contributed by atoms with Gasteiger partial charge in [-0.05, 0) is 45.7 Å². The fourth-order valence-electron chi connectivity index (χ4n) is 2.42. The Morgan fingerprint density at radius 1 is 0.903 bits per heavy atom. The maximum atomic E-state index is 12.1. The smallest absolute Gasteiger partial charge is 0.407 e. The first-order valence-electron chi connectivity index (χ1n) is 9.75. The largest absolute Gasteiger partial charge is 0.483 e. The molecule has 0 saturated carbocycles. The Morgan fingerprint density at radius 2 is 1.52 bits per heavy atom. The molecule has 2 amide bonds. The minimum Gasteiger partial charge on any atom is -0.483 e. The molecule has 2 N–H and O–H groups in total. The molecule has 0 heterocycles. The highest BCUT2D eigenvalue weighted by Gasteiger charge is 2.23. The molecule has 172 valence electrons. The van der Waals surface area contributed by atoms with E-state index in [0.29, 0.717) is 25.9 Å². The second-order valence-electron chi connectivity index (χ2n) is 7.44. The quantitative estimate of drug-likeness (QED) is 0.323. The van der Waals surface area contributed by atoms with Gasteiger partial charge in [0.25, 0.3) is 5.91 Å². The lowest BCUT2D eigenvalue weighted by Crippen LogP contribution is -2.33. The maximum absolute atomic E-state index is 12.1. The molecule has 10 nitrogen and oxygen atoms in total. The van der Waals surface area contributed by atoms with Crippen molar-refractivity contribution >= 4 is 23.9 Å². The number of benzene rings is 1. The predicted molar refractivity (Wildman–Crippen MR) is 111 cm³/mol. The van der Waals surface area contributed by atoms with Gasteiger partial charge in [-0.25, -0.2) is 14.4 Å². The van der Waals surface area contributed by atoms with Crippen LogP contribution in [-0.4, -0.2) is 63.5 Å². The summed E-state index contributed by atoms with van der Waals surface area (Å²) in [4.78, 5) is 47.5. The number of nitrogens with one attached hydrogen (secondary N) is 2. The van der Waals surface area contributed by atoms with E-state index in [0.717, 1.165) is 0 Å². The van der Waals surface area contributed by atoms with Gasteiger partial charge in [-0.3, -0.25) is 4.79 Å². The topological polar surface area (TPSA) is 129 Å². The standard InChI is InChI=1S/C21H30N2O8/c1-21(2,3)31-20(27)23-12-7-6-11-22-16(24)13-30-15-10-8-9-14(18(25)28-4)17(15)19(26)29-5/h8-10H,6-7,11-13H2,1-5H3,(H,22,24)(H,23,27). The van der Waals surface area contributed by atoms with Crippen molar-refractivity contribution < 1.29 is 38.1 Å². The number of esters is 2. The van der Waals surface area contributed by atoms with Gasteiger partial charge in [0.05, 0.1) is 19.8 Å². The zero-order valence-electron chi connectivity index (χ0n) is 18.5. The number of rotatable bonds is 10. The van der Waals surface area contributed by atoms with E-state index in [2.05, 4.69) is 15.4 Å². The van der Waals surface area contributed by atoms with Crippen LogP contribution in [0.25, 0.3) is 0 Å². The van der Waals surface area contributed by atoms with E-state index in [9.17, 15) is 19.2 Å². The average molecular weight is 438 g/mol. The fourth-order valence-corrected chi connectivity index (χ4v) is 2.42. The minimum atomic E-state index is -0.783. The summed E-state index contributed by atoms with van der Waals surface area (Å²) in [7, 11) is 2.36. The summed E-state index contributed by atoms with van der Waals surface area (Å²) in [5.41, 5.74) is -0.690. The van der Waals surface area contributed by atoms with Crippen LogP contribution in [0, 0.1) is 0 Å². The van der Waals surface area contributed by atoms with Gasteiger partial charge in [0.15, 0.2) is 6.61 Å². The van der Waals surface area contributed by atoms with Gasteiger partial charge in [0.2, 0.25) is 0 Å². The molecule has 1 aromatic rings. The molecule has 0 aromatic heterocycles. The van der Waals surface area contributed by atoms with E-state index < -0.39 is 29.5 Å². The molecule has 0 aliphatic carbocycles. The fraction of sp³-hybridized carbons (Fsp3) is 0.524. The van der Waals surface area contributed by atoms with Crippen molar-refractivity contribution in [3.8, 4) is 5.75 Å². The van der Waals surface area contributed by atoms with Gasteiger partial charge in [0.1, 0.15) is 16.9 Å². The van der Waals surface area contributed by atoms with E-state index >= 15 is 0 Å². The summed E-state index contributed by atoms with van der Waals surface area (Å²) >= 11 is 0. The third kappa shape index (κ3) is 9.37. The van der Waals surface area contributed by atoms with Gasteiger partial charge in [-0.1, -0.05) is 6.07 Å². The highest BCUT2D eigenvalue weighted by molar-refractivity contribution is 6.05. The molecule has 0 saturated heterocycles. The Morgan fingerprint density at radius 3 is 2.10 bits per heavy atom.